The van der Waals surface area contributed by atoms with Crippen LogP contribution in [-0.2, 0) is 0 Å². The number of para-hydroxylation sites is 3. The molecule has 0 saturated heterocycles. The number of hydrogen-bond donors (Lipinski definition) is 0. The van der Waals surface area contributed by atoms with Crippen molar-refractivity contribution < 1.29 is 0 Å². The second-order valence-electron chi connectivity index (χ2n) is 12.7. The molecule has 0 aliphatic heterocycles. The molecule has 2 aromatic heterocycles. The van der Waals surface area contributed by atoms with Crippen molar-refractivity contribution in [3.8, 4) is 16.8 Å². The van der Waals surface area contributed by atoms with Crippen molar-refractivity contribution in [1.82, 2.24) is 4.57 Å². The molecule has 0 fully saturated rings. The summed E-state index contributed by atoms with van der Waals surface area (Å²) in [7, 11) is 0. The molecule has 8 aromatic carbocycles. The summed E-state index contributed by atoms with van der Waals surface area (Å²) in [6, 6.07) is 62.8. The molecule has 4 heteroatoms. The molecule has 0 unspecified atom stereocenters. The molecule has 10 rings (SSSR count). The molecular weight excluding hydrogens is 648 g/mol. The molecule has 2 heterocycles. The summed E-state index contributed by atoms with van der Waals surface area (Å²) in [5.74, 6) is 0. The fraction of sp³-hybridized carbons (Fsp3) is 0. The number of halogens is 1. The maximum atomic E-state index is 7.10. The first-order valence-electron chi connectivity index (χ1n) is 16.8. The second-order valence-corrected chi connectivity index (χ2v) is 14.2. The van der Waals surface area contributed by atoms with Gasteiger partial charge in [-0.15, -0.1) is 11.3 Å². The molecule has 236 valence electrons. The molecule has 0 atom stereocenters. The molecule has 0 aliphatic rings. The highest BCUT2D eigenvalue weighted by molar-refractivity contribution is 7.26. The third-order valence-corrected chi connectivity index (χ3v) is 11.2. The summed E-state index contributed by atoms with van der Waals surface area (Å²) in [5, 5.41) is 8.21. The van der Waals surface area contributed by atoms with Crippen LogP contribution in [0.4, 0.5) is 17.1 Å². The minimum absolute atomic E-state index is 0.695. The third-order valence-electron chi connectivity index (χ3n) is 9.76. The summed E-state index contributed by atoms with van der Waals surface area (Å²) < 4.78 is 4.99. The van der Waals surface area contributed by atoms with Crippen molar-refractivity contribution in [3.05, 3.63) is 181 Å². The van der Waals surface area contributed by atoms with Crippen LogP contribution in [0.1, 0.15) is 0 Å². The van der Waals surface area contributed by atoms with Gasteiger partial charge in [-0.25, -0.2) is 0 Å². The van der Waals surface area contributed by atoms with Crippen LogP contribution in [0.25, 0.3) is 69.6 Å². The van der Waals surface area contributed by atoms with Gasteiger partial charge in [0, 0.05) is 64.3 Å². The summed E-state index contributed by atoms with van der Waals surface area (Å²) in [6.45, 7) is 0. The molecule has 0 amide bonds. The smallest absolute Gasteiger partial charge is 0.0634 e. The number of thiophene rings is 1. The van der Waals surface area contributed by atoms with Crippen molar-refractivity contribution in [1.29, 1.82) is 0 Å². The number of aromatic nitrogens is 1. The largest absolute Gasteiger partial charge is 0.310 e. The Labute approximate surface area is 298 Å². The van der Waals surface area contributed by atoms with Crippen molar-refractivity contribution in [2.45, 2.75) is 0 Å². The molecule has 0 bridgehead atoms. The Kier molecular flexibility index (Phi) is 6.76. The van der Waals surface area contributed by atoms with E-state index in [-0.39, 0.29) is 0 Å². The predicted octanol–water partition coefficient (Wildman–Crippen LogP) is 14.1. The highest BCUT2D eigenvalue weighted by Crippen LogP contribution is 2.49. The topological polar surface area (TPSA) is 8.17 Å². The molecule has 0 N–H and O–H groups in total. The number of benzene rings is 8. The van der Waals surface area contributed by atoms with E-state index >= 15 is 0 Å². The van der Waals surface area contributed by atoms with Crippen molar-refractivity contribution in [2.75, 3.05) is 4.90 Å². The first-order valence-corrected chi connectivity index (χ1v) is 18.0. The quantitative estimate of drug-likeness (QED) is 0.176. The first-order chi connectivity index (χ1) is 24.7. The average Bonchev–Trinajstić information content (AvgIpc) is 3.72. The normalized spacial score (nSPS) is 11.7. The van der Waals surface area contributed by atoms with Gasteiger partial charge in [-0.1, -0.05) is 115 Å². The van der Waals surface area contributed by atoms with E-state index < -0.39 is 0 Å². The van der Waals surface area contributed by atoms with Crippen LogP contribution in [0, 0.1) is 0 Å². The van der Waals surface area contributed by atoms with E-state index in [1.54, 1.807) is 0 Å². The molecule has 0 aliphatic carbocycles. The molecule has 0 radical (unpaired) electrons. The van der Waals surface area contributed by atoms with Crippen LogP contribution in [0.2, 0.25) is 5.02 Å². The van der Waals surface area contributed by atoms with Crippen molar-refractivity contribution in [3.63, 3.8) is 0 Å². The van der Waals surface area contributed by atoms with Gasteiger partial charge in [0.1, 0.15) is 0 Å². The van der Waals surface area contributed by atoms with Gasteiger partial charge in [0.2, 0.25) is 0 Å². The Bertz CT molecular complexity index is 2830. The van der Waals surface area contributed by atoms with E-state index in [0.717, 1.165) is 28.3 Å². The van der Waals surface area contributed by atoms with Gasteiger partial charge >= 0.3 is 0 Å². The summed E-state index contributed by atoms with van der Waals surface area (Å²) in [6.07, 6.45) is 0. The van der Waals surface area contributed by atoms with E-state index in [4.69, 9.17) is 11.6 Å². The predicted molar refractivity (Wildman–Crippen MR) is 216 cm³/mol. The van der Waals surface area contributed by atoms with Gasteiger partial charge < -0.3 is 9.47 Å². The monoisotopic (exact) mass is 676 g/mol. The lowest BCUT2D eigenvalue weighted by Crippen LogP contribution is -2.09. The van der Waals surface area contributed by atoms with Crippen LogP contribution in [0.15, 0.2) is 176 Å². The van der Waals surface area contributed by atoms with Crippen LogP contribution >= 0.6 is 22.9 Å². The van der Waals surface area contributed by atoms with Crippen molar-refractivity contribution >= 4 is 92.8 Å². The summed E-state index contributed by atoms with van der Waals surface area (Å²) in [5.41, 5.74) is 9.01. The maximum absolute atomic E-state index is 7.10. The summed E-state index contributed by atoms with van der Waals surface area (Å²) in [4.78, 5) is 2.28. The van der Waals surface area contributed by atoms with Gasteiger partial charge in [0.25, 0.3) is 0 Å². The van der Waals surface area contributed by atoms with E-state index in [1.165, 1.54) is 58.3 Å². The van der Waals surface area contributed by atoms with E-state index in [0.29, 0.717) is 5.02 Å². The van der Waals surface area contributed by atoms with Gasteiger partial charge in [0.15, 0.2) is 0 Å². The van der Waals surface area contributed by atoms with Crippen LogP contribution < -0.4 is 4.90 Å². The highest BCUT2D eigenvalue weighted by Gasteiger charge is 2.23. The number of rotatable bonds is 5. The molecule has 10 aromatic rings. The zero-order chi connectivity index (χ0) is 33.2. The SMILES string of the molecule is Clc1cc(-c2cc3c4c5ccccc5ccc4n(-c4ccccc4)c3c3c2sc2ccccc23)cc(N(c2ccccc2)c2ccccc2)c1. The fourth-order valence-electron chi connectivity index (χ4n) is 7.68. The molecule has 0 saturated carbocycles. The van der Waals surface area contributed by atoms with Gasteiger partial charge in [-0.3, -0.25) is 0 Å². The molecule has 2 nitrogen and oxygen atoms in total. The second kappa shape index (κ2) is 11.6. The van der Waals surface area contributed by atoms with Crippen molar-refractivity contribution in [2.24, 2.45) is 0 Å². The number of hydrogen-bond acceptors (Lipinski definition) is 2. The van der Waals surface area contributed by atoms with Gasteiger partial charge in [0.05, 0.1) is 11.0 Å². The lowest BCUT2D eigenvalue weighted by molar-refractivity contribution is 1.19. The maximum Gasteiger partial charge on any atom is 0.0634 e. The Morgan fingerprint density at radius 3 is 1.88 bits per heavy atom. The lowest BCUT2D eigenvalue weighted by Gasteiger charge is -2.26. The number of fused-ring (bicyclic) bond motifs is 9. The molecule has 50 heavy (non-hydrogen) atoms. The minimum atomic E-state index is 0.695. The lowest BCUT2D eigenvalue weighted by atomic mass is 9.96. The molecular formula is C46H29ClN2S. The van der Waals surface area contributed by atoms with Gasteiger partial charge in [-0.05, 0) is 89.1 Å². The van der Waals surface area contributed by atoms with E-state index in [9.17, 15) is 0 Å². The van der Waals surface area contributed by atoms with E-state index in [1.807, 2.05) is 11.3 Å². The van der Waals surface area contributed by atoms with Crippen LogP contribution in [-0.4, -0.2) is 4.57 Å². The average molecular weight is 677 g/mol. The standard InChI is InChI=1S/C46H29ClN2S/c47-32-26-31(27-36(28-32)48(33-15-4-1-5-16-33)34-17-6-2-7-18-34)39-29-40-43-37-21-11-10-14-30(37)24-25-41(43)49(35-19-8-3-9-20-35)45(40)44-38-22-12-13-23-42(38)50-46(39)44/h1-29H. The van der Waals surface area contributed by atoms with Crippen LogP contribution in [0.5, 0.6) is 0 Å². The summed E-state index contributed by atoms with van der Waals surface area (Å²) >= 11 is 8.96. The number of nitrogens with zero attached hydrogens (tertiary/aromatic N) is 2. The Morgan fingerprint density at radius 2 is 1.14 bits per heavy atom. The highest BCUT2D eigenvalue weighted by atomic mass is 35.5. The zero-order valence-electron chi connectivity index (χ0n) is 26.9. The third kappa shape index (κ3) is 4.55. The Hall–Kier alpha value is -5.87. The Morgan fingerprint density at radius 1 is 0.500 bits per heavy atom. The van der Waals surface area contributed by atoms with E-state index in [2.05, 4.69) is 185 Å². The Balaban J connectivity index is 1.35. The van der Waals surface area contributed by atoms with Crippen LogP contribution in [0.3, 0.4) is 0 Å². The molecule has 0 spiro atoms. The first kappa shape index (κ1) is 29.1. The minimum Gasteiger partial charge on any atom is -0.310 e. The number of anilines is 3. The fourth-order valence-corrected chi connectivity index (χ4v) is 9.15. The van der Waals surface area contributed by atoms with Gasteiger partial charge in [-0.2, -0.15) is 0 Å². The zero-order valence-corrected chi connectivity index (χ0v) is 28.5.